The predicted octanol–water partition coefficient (Wildman–Crippen LogP) is 17.4. The van der Waals surface area contributed by atoms with Crippen LogP contribution in [-0.2, 0) is 6.42 Å². The molecule has 0 bridgehead atoms. The minimum Gasteiger partial charge on any atom is -0.0753 e. The van der Waals surface area contributed by atoms with E-state index in [0.717, 1.165) is 6.42 Å². The second-order valence-electron chi connectivity index (χ2n) is 22.6. The monoisotopic (exact) mass is 1000 g/mol. The van der Waals surface area contributed by atoms with Crippen molar-refractivity contribution >= 4 is 113 Å². The molecule has 13 aromatic rings. The van der Waals surface area contributed by atoms with Gasteiger partial charge in [-0.15, -0.1) is 0 Å². The molecule has 2 aliphatic carbocycles. The van der Waals surface area contributed by atoms with E-state index in [0.29, 0.717) is 0 Å². The van der Waals surface area contributed by atoms with Gasteiger partial charge in [-0.05, 0) is 149 Å². The molecule has 0 amide bonds. The highest BCUT2D eigenvalue weighted by Gasteiger charge is 2.33. The second kappa shape index (κ2) is 17.1. The Morgan fingerprint density at radius 2 is 0.882 bits per heavy atom. The summed E-state index contributed by atoms with van der Waals surface area (Å²) in [6.45, 7) is 10.2. The van der Waals surface area contributed by atoms with E-state index >= 15 is 0 Å². The van der Waals surface area contributed by atoms with Gasteiger partial charge >= 0.3 is 0 Å². The van der Waals surface area contributed by atoms with E-state index in [4.69, 9.17) is 0 Å². The zero-order valence-electron chi connectivity index (χ0n) is 43.5. The molecule has 76 heavy (non-hydrogen) atoms. The van der Waals surface area contributed by atoms with E-state index in [2.05, 4.69) is 275 Å². The first kappa shape index (κ1) is 45.0. The summed E-state index contributed by atoms with van der Waals surface area (Å²) >= 11 is 0. The maximum atomic E-state index is 2.55. The van der Waals surface area contributed by atoms with Gasteiger partial charge in [-0.1, -0.05) is 279 Å². The summed E-state index contributed by atoms with van der Waals surface area (Å²) in [7, 11) is -4.36. The molecule has 2 heteroatoms. The van der Waals surface area contributed by atoms with E-state index in [-0.39, 0.29) is 5.92 Å². The minimum absolute atomic E-state index is 0.280. The molecule has 0 saturated carbocycles. The van der Waals surface area contributed by atoms with Crippen LogP contribution in [0.1, 0.15) is 28.2 Å². The molecule has 0 radical (unpaired) electrons. The van der Waals surface area contributed by atoms with E-state index in [1.54, 1.807) is 0 Å². The molecule has 0 N–H and O–H groups in total. The third kappa shape index (κ3) is 6.73. The molecule has 0 saturated heterocycles. The average molecular weight is 1000 g/mol. The maximum absolute atomic E-state index is 2.55. The van der Waals surface area contributed by atoms with Gasteiger partial charge in [-0.2, -0.15) is 0 Å². The zero-order chi connectivity index (χ0) is 50.9. The van der Waals surface area contributed by atoms with Gasteiger partial charge in [-0.3, -0.25) is 0 Å². The Kier molecular flexibility index (Phi) is 10.1. The predicted molar refractivity (Wildman–Crippen MR) is 335 cm³/mol. The third-order valence-electron chi connectivity index (χ3n) is 17.9. The first-order chi connectivity index (χ1) is 37.2. The molecule has 1 unspecified atom stereocenters. The Balaban J connectivity index is 0.790. The second-order valence-corrected chi connectivity index (χ2v) is 31.3. The molecular formula is C74H56Si2. The average Bonchev–Trinajstić information content (AvgIpc) is 3.49. The van der Waals surface area contributed by atoms with Gasteiger partial charge in [0.1, 0.15) is 16.1 Å². The van der Waals surface area contributed by atoms with Crippen molar-refractivity contribution in [1.82, 2.24) is 0 Å². The molecule has 0 fully saturated rings. The number of rotatable bonds is 8. The molecule has 0 aromatic heterocycles. The smallest absolute Gasteiger partial charge is 0.0753 e. The quantitative estimate of drug-likeness (QED) is 0.0808. The molecule has 13 aromatic carbocycles. The fourth-order valence-corrected chi connectivity index (χ4v) is 19.3. The van der Waals surface area contributed by atoms with Crippen LogP contribution < -0.4 is 20.7 Å². The molecule has 1 atom stereocenters. The topological polar surface area (TPSA) is 0 Å². The lowest BCUT2D eigenvalue weighted by molar-refractivity contribution is 1.08. The molecule has 0 aliphatic heterocycles. The lowest BCUT2D eigenvalue weighted by Gasteiger charge is -2.32. The Morgan fingerprint density at radius 1 is 0.368 bits per heavy atom. The third-order valence-corrected chi connectivity index (χ3v) is 25.0. The molecule has 0 heterocycles. The largest absolute Gasteiger partial charge is 0.113 e. The molecule has 360 valence electrons. The number of benzene rings is 13. The first-order valence-electron chi connectivity index (χ1n) is 27.2. The van der Waals surface area contributed by atoms with Gasteiger partial charge in [0.05, 0.1) is 0 Å². The van der Waals surface area contributed by atoms with Gasteiger partial charge in [0, 0.05) is 5.92 Å². The van der Waals surface area contributed by atoms with Crippen molar-refractivity contribution in [2.45, 2.75) is 38.5 Å². The standard InChI is InChI=1S/C74H56Si2/c1-75(2,67-44-34-53-31-41-63-57(47-16-7-5-8-17-47)40-30-52-33-43-64(67)73(53)72(52)63)55-36-26-50(27-37-55)69-58-21-11-13-23-60(58)70(61-24-14-12-22-59(61)69)51-28-38-56(39-29-51)76(3,4)68-45-35-54-46-66(48-18-9-6-10-19-48)62-25-15-20-49-32-42-65(68)74(54)71(49)62/h5-30,32-46,57H,31H2,1-4H3. The van der Waals surface area contributed by atoms with E-state index in [9.17, 15) is 0 Å². The van der Waals surface area contributed by atoms with Crippen molar-refractivity contribution < 1.29 is 0 Å². The summed E-state index contributed by atoms with van der Waals surface area (Å²) in [5, 5.41) is 22.0. The summed E-state index contributed by atoms with van der Waals surface area (Å²) in [4.78, 5) is 0. The minimum atomic E-state index is -2.19. The van der Waals surface area contributed by atoms with Crippen molar-refractivity contribution in [3.63, 3.8) is 0 Å². The van der Waals surface area contributed by atoms with Crippen molar-refractivity contribution in [2.24, 2.45) is 0 Å². The van der Waals surface area contributed by atoms with Crippen molar-refractivity contribution in [3.8, 4) is 33.4 Å². The van der Waals surface area contributed by atoms with Crippen molar-refractivity contribution in [1.29, 1.82) is 0 Å². The summed E-state index contributed by atoms with van der Waals surface area (Å²) < 4.78 is 0. The summed E-state index contributed by atoms with van der Waals surface area (Å²) in [6.07, 6.45) is 8.24. The molecule has 2 aliphatic rings. The number of fused-ring (bicyclic) bond motifs is 2. The van der Waals surface area contributed by atoms with E-state index in [1.165, 1.54) is 147 Å². The number of hydrogen-bond donors (Lipinski definition) is 0. The Labute approximate surface area is 447 Å². The maximum Gasteiger partial charge on any atom is 0.113 e. The molecule has 0 spiro atoms. The van der Waals surface area contributed by atoms with Gasteiger partial charge in [0.2, 0.25) is 0 Å². The van der Waals surface area contributed by atoms with Crippen molar-refractivity contribution in [3.05, 3.63) is 265 Å². The fourth-order valence-electron chi connectivity index (χ4n) is 14.0. The van der Waals surface area contributed by atoms with Gasteiger partial charge in [0.15, 0.2) is 0 Å². The Bertz CT molecular complexity index is 4500. The molecular weight excluding hydrogens is 945 g/mol. The first-order valence-corrected chi connectivity index (χ1v) is 33.2. The lowest BCUT2D eigenvalue weighted by atomic mass is 9.75. The summed E-state index contributed by atoms with van der Waals surface area (Å²) in [5.41, 5.74) is 14.8. The summed E-state index contributed by atoms with van der Waals surface area (Å²) in [5.74, 6) is 0.280. The van der Waals surface area contributed by atoms with Crippen LogP contribution >= 0.6 is 0 Å². The zero-order valence-corrected chi connectivity index (χ0v) is 45.5. The lowest BCUT2D eigenvalue weighted by Crippen LogP contribution is -2.53. The highest BCUT2D eigenvalue weighted by molar-refractivity contribution is 7.02. The fraction of sp³-hybridized carbons (Fsp3) is 0.0811. The van der Waals surface area contributed by atoms with Crippen LogP contribution in [0.5, 0.6) is 0 Å². The normalized spacial score (nSPS) is 14.4. The van der Waals surface area contributed by atoms with Crippen LogP contribution in [0.25, 0.3) is 110 Å². The van der Waals surface area contributed by atoms with Crippen LogP contribution in [0.3, 0.4) is 0 Å². The van der Waals surface area contributed by atoms with Crippen LogP contribution in [-0.4, -0.2) is 16.1 Å². The Hall–Kier alpha value is -8.41. The SMILES string of the molecule is C[Si](C)(c1ccc(-c2c3ccccc3c(-c3ccc([Si](C)(C)c4ccc5cc(-c6ccccc6)c6cccc7ccc4c5c76)cc3)c3ccccc23)cc1)c1ccc2c3c4c(ccc13)C=CC(c1ccccc1)C4=CC2. The Morgan fingerprint density at radius 3 is 1.50 bits per heavy atom. The highest BCUT2D eigenvalue weighted by Crippen LogP contribution is 2.48. The van der Waals surface area contributed by atoms with Gasteiger partial charge in [-0.25, -0.2) is 0 Å². The molecule has 0 nitrogen and oxygen atoms in total. The van der Waals surface area contributed by atoms with Crippen LogP contribution in [0.15, 0.2) is 243 Å². The number of allylic oxidation sites excluding steroid dienone is 3. The molecule has 15 rings (SSSR count). The summed E-state index contributed by atoms with van der Waals surface area (Å²) in [6, 6.07) is 88.1. The van der Waals surface area contributed by atoms with Crippen LogP contribution in [0, 0.1) is 0 Å². The number of hydrogen-bond acceptors (Lipinski definition) is 0. The highest BCUT2D eigenvalue weighted by atomic mass is 28.3. The van der Waals surface area contributed by atoms with Gasteiger partial charge < -0.3 is 0 Å². The van der Waals surface area contributed by atoms with E-state index in [1.807, 2.05) is 0 Å². The van der Waals surface area contributed by atoms with Crippen LogP contribution in [0.2, 0.25) is 26.2 Å². The van der Waals surface area contributed by atoms with Crippen LogP contribution in [0.4, 0.5) is 0 Å². The van der Waals surface area contributed by atoms with Gasteiger partial charge in [0.25, 0.3) is 0 Å². The van der Waals surface area contributed by atoms with E-state index < -0.39 is 16.1 Å². The van der Waals surface area contributed by atoms with Crippen molar-refractivity contribution in [2.75, 3.05) is 0 Å².